The highest BCUT2D eigenvalue weighted by Gasteiger charge is 2.07. The Kier molecular flexibility index (Phi) is 6.27. The highest BCUT2D eigenvalue weighted by atomic mass is 35.5. The van der Waals surface area contributed by atoms with Crippen molar-refractivity contribution in [3.8, 4) is 0 Å². The molecule has 1 aromatic rings. The second kappa shape index (κ2) is 7.21. The Bertz CT molecular complexity index is 380. The Morgan fingerprint density at radius 2 is 2.29 bits per heavy atom. The topological polar surface area (TPSA) is 49.3 Å². The number of halogens is 2. The summed E-state index contributed by atoms with van der Waals surface area (Å²) in [4.78, 5) is 11.3. The van der Waals surface area contributed by atoms with Gasteiger partial charge in [0.25, 0.3) is 0 Å². The summed E-state index contributed by atoms with van der Waals surface area (Å²) >= 11 is 13.1. The first kappa shape index (κ1) is 14.8. The van der Waals surface area contributed by atoms with Crippen molar-refractivity contribution in [1.29, 1.82) is 0 Å². The number of aryl methyl sites for hydroxylation is 1. The number of carbonyl (C=O) groups is 1. The predicted molar refractivity (Wildman–Crippen MR) is 72.0 cm³/mol. The fourth-order valence-electron chi connectivity index (χ4n) is 1.33. The van der Waals surface area contributed by atoms with Gasteiger partial charge >= 0.3 is 0 Å². The second-order valence-electron chi connectivity index (χ2n) is 3.86. The molecular formula is C11H15Cl2NO2S. The Morgan fingerprint density at radius 3 is 2.82 bits per heavy atom. The first-order valence-corrected chi connectivity index (χ1v) is 6.94. The normalized spacial score (nSPS) is 12.5. The van der Waals surface area contributed by atoms with E-state index in [9.17, 15) is 4.79 Å². The zero-order valence-electron chi connectivity index (χ0n) is 9.50. The lowest BCUT2D eigenvalue weighted by Crippen LogP contribution is -2.30. The summed E-state index contributed by atoms with van der Waals surface area (Å²) in [5.74, 6) is -0.0525. The van der Waals surface area contributed by atoms with E-state index >= 15 is 0 Å². The molecule has 0 saturated heterocycles. The van der Waals surface area contributed by atoms with Crippen LogP contribution in [0.3, 0.4) is 0 Å². The summed E-state index contributed by atoms with van der Waals surface area (Å²) in [6, 6.07) is 1.84. The molecular weight excluding hydrogens is 281 g/mol. The average Bonchev–Trinajstić information content (AvgIpc) is 2.55. The van der Waals surface area contributed by atoms with Gasteiger partial charge in [-0.3, -0.25) is 4.79 Å². The number of rotatable bonds is 6. The van der Waals surface area contributed by atoms with Crippen LogP contribution in [0.5, 0.6) is 0 Å². The highest BCUT2D eigenvalue weighted by Crippen LogP contribution is 2.31. The van der Waals surface area contributed by atoms with Crippen molar-refractivity contribution in [3.63, 3.8) is 0 Å². The molecule has 2 N–H and O–H groups in total. The molecule has 96 valence electrons. The van der Waals surface area contributed by atoms with Crippen LogP contribution >= 0.6 is 34.5 Å². The lowest BCUT2D eigenvalue weighted by molar-refractivity contribution is -0.121. The van der Waals surface area contributed by atoms with E-state index in [4.69, 9.17) is 28.3 Å². The molecule has 1 atom stereocenters. The average molecular weight is 296 g/mol. The van der Waals surface area contributed by atoms with Crippen LogP contribution in [-0.2, 0) is 11.2 Å². The Labute approximate surface area is 115 Å². The van der Waals surface area contributed by atoms with Crippen molar-refractivity contribution in [2.75, 3.05) is 6.54 Å². The van der Waals surface area contributed by atoms with Gasteiger partial charge in [-0.05, 0) is 31.4 Å². The van der Waals surface area contributed by atoms with E-state index in [2.05, 4.69) is 5.32 Å². The standard InChI is InChI=1S/C11H15Cl2NO2S/c1-7(15)6-14-10(16)4-2-3-8-5-9(12)17-11(8)13/h5,7,15H,2-4,6H2,1H3,(H,14,16). The van der Waals surface area contributed by atoms with Gasteiger partial charge in [0.1, 0.15) is 0 Å². The third-order valence-electron chi connectivity index (χ3n) is 2.17. The third-order valence-corrected chi connectivity index (χ3v) is 3.74. The molecule has 3 nitrogen and oxygen atoms in total. The van der Waals surface area contributed by atoms with Gasteiger partial charge in [0.05, 0.1) is 14.8 Å². The molecule has 1 unspecified atom stereocenters. The fraction of sp³-hybridized carbons (Fsp3) is 0.545. The van der Waals surface area contributed by atoms with Crippen molar-refractivity contribution in [3.05, 3.63) is 20.3 Å². The largest absolute Gasteiger partial charge is 0.392 e. The molecule has 0 aromatic carbocycles. The first-order chi connectivity index (χ1) is 7.99. The number of nitrogens with one attached hydrogen (secondary N) is 1. The number of aliphatic hydroxyl groups excluding tert-OH is 1. The van der Waals surface area contributed by atoms with E-state index < -0.39 is 6.10 Å². The van der Waals surface area contributed by atoms with Gasteiger partial charge in [-0.1, -0.05) is 23.2 Å². The fourth-order valence-corrected chi connectivity index (χ4v) is 2.88. The minimum atomic E-state index is -0.510. The van der Waals surface area contributed by atoms with Gasteiger partial charge in [0.2, 0.25) is 5.91 Å². The molecule has 0 spiro atoms. The van der Waals surface area contributed by atoms with E-state index in [1.54, 1.807) is 6.92 Å². The molecule has 0 aliphatic rings. The minimum absolute atomic E-state index is 0.0525. The van der Waals surface area contributed by atoms with Gasteiger partial charge in [-0.25, -0.2) is 0 Å². The summed E-state index contributed by atoms with van der Waals surface area (Å²) in [5, 5.41) is 11.6. The molecule has 1 aromatic heterocycles. The Hall–Kier alpha value is -0.290. The highest BCUT2D eigenvalue weighted by molar-refractivity contribution is 7.20. The quantitative estimate of drug-likeness (QED) is 0.848. The molecule has 17 heavy (non-hydrogen) atoms. The molecule has 1 rings (SSSR count). The lowest BCUT2D eigenvalue weighted by Gasteiger charge is -2.06. The number of aliphatic hydroxyl groups is 1. The maximum atomic E-state index is 11.3. The smallest absolute Gasteiger partial charge is 0.220 e. The summed E-state index contributed by atoms with van der Waals surface area (Å²) in [5.41, 5.74) is 0.991. The molecule has 1 amide bonds. The van der Waals surface area contributed by atoms with Crippen LogP contribution in [0.25, 0.3) is 0 Å². The Balaban J connectivity index is 2.23. The SMILES string of the molecule is CC(O)CNC(=O)CCCc1cc(Cl)sc1Cl. The van der Waals surface area contributed by atoms with Crippen molar-refractivity contribution in [2.24, 2.45) is 0 Å². The summed E-state index contributed by atoms with van der Waals surface area (Å²) in [6.45, 7) is 1.93. The van der Waals surface area contributed by atoms with E-state index in [0.29, 0.717) is 21.6 Å². The zero-order chi connectivity index (χ0) is 12.8. The molecule has 0 fully saturated rings. The van der Waals surface area contributed by atoms with Crippen LogP contribution in [0.15, 0.2) is 6.07 Å². The number of hydrogen-bond acceptors (Lipinski definition) is 3. The molecule has 0 bridgehead atoms. The number of hydrogen-bond donors (Lipinski definition) is 2. The molecule has 0 radical (unpaired) electrons. The van der Waals surface area contributed by atoms with Crippen LogP contribution in [-0.4, -0.2) is 23.7 Å². The van der Waals surface area contributed by atoms with Gasteiger partial charge in [0.15, 0.2) is 0 Å². The second-order valence-corrected chi connectivity index (χ2v) is 6.14. The molecule has 0 aliphatic carbocycles. The van der Waals surface area contributed by atoms with Crippen LogP contribution in [0.2, 0.25) is 8.67 Å². The van der Waals surface area contributed by atoms with Gasteiger partial charge < -0.3 is 10.4 Å². The van der Waals surface area contributed by atoms with E-state index in [1.165, 1.54) is 11.3 Å². The van der Waals surface area contributed by atoms with Gasteiger partial charge in [0, 0.05) is 13.0 Å². The summed E-state index contributed by atoms with van der Waals surface area (Å²) in [7, 11) is 0. The molecule has 0 aliphatic heterocycles. The number of thiophene rings is 1. The first-order valence-electron chi connectivity index (χ1n) is 5.37. The van der Waals surface area contributed by atoms with Crippen molar-refractivity contribution in [2.45, 2.75) is 32.3 Å². The van der Waals surface area contributed by atoms with Crippen molar-refractivity contribution in [1.82, 2.24) is 5.32 Å². The van der Waals surface area contributed by atoms with Crippen molar-refractivity contribution >= 4 is 40.4 Å². The summed E-state index contributed by atoms with van der Waals surface area (Å²) in [6.07, 6.45) is 1.38. The molecule has 6 heteroatoms. The minimum Gasteiger partial charge on any atom is -0.392 e. The third kappa shape index (κ3) is 5.73. The van der Waals surface area contributed by atoms with Crippen LogP contribution in [0.1, 0.15) is 25.3 Å². The van der Waals surface area contributed by atoms with E-state index in [1.807, 2.05) is 6.07 Å². The summed E-state index contributed by atoms with van der Waals surface area (Å²) < 4.78 is 1.36. The van der Waals surface area contributed by atoms with Crippen LogP contribution < -0.4 is 5.32 Å². The van der Waals surface area contributed by atoms with Gasteiger partial charge in [-0.15, -0.1) is 11.3 Å². The predicted octanol–water partition coefficient (Wildman–Crippen LogP) is 2.87. The van der Waals surface area contributed by atoms with Crippen molar-refractivity contribution < 1.29 is 9.90 Å². The van der Waals surface area contributed by atoms with E-state index in [-0.39, 0.29) is 5.91 Å². The zero-order valence-corrected chi connectivity index (χ0v) is 11.8. The molecule has 1 heterocycles. The maximum absolute atomic E-state index is 11.3. The van der Waals surface area contributed by atoms with Crippen LogP contribution in [0, 0.1) is 0 Å². The maximum Gasteiger partial charge on any atom is 0.220 e. The Morgan fingerprint density at radius 1 is 1.59 bits per heavy atom. The van der Waals surface area contributed by atoms with Gasteiger partial charge in [-0.2, -0.15) is 0 Å². The molecule has 0 saturated carbocycles. The monoisotopic (exact) mass is 295 g/mol. The van der Waals surface area contributed by atoms with Crippen LogP contribution in [0.4, 0.5) is 0 Å². The number of amides is 1. The number of carbonyl (C=O) groups excluding carboxylic acids is 1. The lowest BCUT2D eigenvalue weighted by atomic mass is 10.1. The van der Waals surface area contributed by atoms with E-state index in [0.717, 1.165) is 18.4 Å².